The number of hydrogen-bond acceptors (Lipinski definition) is 8. The summed E-state index contributed by atoms with van der Waals surface area (Å²) >= 11 is 0. The number of likely N-dealkylation sites (tertiary alicyclic amines) is 1. The third kappa shape index (κ3) is 19.9. The number of nitrogens with zero attached hydrogens (tertiary/aromatic N) is 2. The topological polar surface area (TPSA) is 86.7 Å². The van der Waals surface area contributed by atoms with Gasteiger partial charge in [0.05, 0.1) is 18.9 Å². The molecule has 276 valence electrons. The van der Waals surface area contributed by atoms with E-state index in [1.807, 2.05) is 66.7 Å². The van der Waals surface area contributed by atoms with Gasteiger partial charge in [0, 0.05) is 25.1 Å². The van der Waals surface area contributed by atoms with E-state index in [2.05, 4.69) is 28.6 Å². The highest BCUT2D eigenvalue weighted by Gasteiger charge is 2.17. The molecular weight excluding hydrogens is 630 g/mol. The monoisotopic (exact) mass is 690 g/mol. The molecule has 1 unspecified atom stereocenters. The third-order valence-corrected chi connectivity index (χ3v) is 7.21. The smallest absolute Gasteiger partial charge is 0.306 e. The molecule has 0 bridgehead atoms. The Morgan fingerprint density at radius 1 is 0.959 bits per heavy atom. The van der Waals surface area contributed by atoms with Crippen LogP contribution in [0.3, 0.4) is 0 Å². The normalized spacial score (nSPS) is 15.2. The maximum absolute atomic E-state index is 13.4. The first-order chi connectivity index (χ1) is 23.0. The van der Waals surface area contributed by atoms with Crippen LogP contribution in [0.15, 0.2) is 41.4 Å². The summed E-state index contributed by atoms with van der Waals surface area (Å²) in [5, 5.41) is 0. The Kier molecular flexibility index (Phi) is 19.7. The number of esters is 1. The lowest BCUT2D eigenvalue weighted by Gasteiger charge is -2.18. The van der Waals surface area contributed by atoms with Gasteiger partial charge in [0.2, 0.25) is 0 Å². The molecule has 10 heteroatoms. The minimum atomic E-state index is -0.667. The van der Waals surface area contributed by atoms with Gasteiger partial charge in [-0.1, -0.05) is 26.3 Å². The molecule has 1 saturated heterocycles. The zero-order valence-corrected chi connectivity index (χ0v) is 31.5. The lowest BCUT2D eigenvalue weighted by atomic mass is 10.1. The molecule has 2 aromatic carbocycles. The van der Waals surface area contributed by atoms with Crippen LogP contribution in [0.2, 0.25) is 0 Å². The number of ether oxygens (including phenoxy) is 4. The molecule has 1 atom stereocenters. The summed E-state index contributed by atoms with van der Waals surface area (Å²) in [6, 6.07) is 9.66. The van der Waals surface area contributed by atoms with Gasteiger partial charge in [0.1, 0.15) is 17.0 Å². The second-order valence-corrected chi connectivity index (χ2v) is 14.2. The number of hydrogen-bond donors (Lipinski definition) is 0. The van der Waals surface area contributed by atoms with Crippen molar-refractivity contribution in [2.45, 2.75) is 118 Å². The van der Waals surface area contributed by atoms with Crippen molar-refractivity contribution in [2.75, 3.05) is 33.4 Å². The Bertz CT molecular complexity index is 1280. The van der Waals surface area contributed by atoms with E-state index in [4.69, 9.17) is 14.2 Å². The number of carbonyl (C=O) groups is 2. The van der Waals surface area contributed by atoms with E-state index in [9.17, 15) is 18.4 Å². The number of unbranched alkanes of at least 4 members (excludes halogenated alkanes) is 2. The lowest BCUT2D eigenvalue weighted by molar-refractivity contribution is -0.154. The summed E-state index contributed by atoms with van der Waals surface area (Å²) in [7, 11) is 2.20. The van der Waals surface area contributed by atoms with Crippen molar-refractivity contribution in [1.82, 2.24) is 4.90 Å². The minimum Gasteiger partial charge on any atom is -0.494 e. The van der Waals surface area contributed by atoms with Gasteiger partial charge in [-0.3, -0.25) is 14.6 Å². The molecule has 49 heavy (non-hydrogen) atoms. The van der Waals surface area contributed by atoms with Gasteiger partial charge < -0.3 is 23.8 Å². The van der Waals surface area contributed by atoms with Gasteiger partial charge in [-0.2, -0.15) is 0 Å². The van der Waals surface area contributed by atoms with E-state index in [0.29, 0.717) is 25.9 Å². The van der Waals surface area contributed by atoms with E-state index >= 15 is 0 Å². The molecule has 0 N–H and O–H groups in total. The van der Waals surface area contributed by atoms with E-state index in [1.54, 1.807) is 6.92 Å². The zero-order valence-electron chi connectivity index (χ0n) is 31.5. The Morgan fingerprint density at radius 2 is 1.59 bits per heavy atom. The fourth-order valence-corrected chi connectivity index (χ4v) is 4.71. The zero-order chi connectivity index (χ0) is 37.0. The van der Waals surface area contributed by atoms with Gasteiger partial charge in [-0.15, -0.1) is 0 Å². The van der Waals surface area contributed by atoms with E-state index in [0.717, 1.165) is 42.3 Å². The molecule has 0 aliphatic carbocycles. The van der Waals surface area contributed by atoms with Crippen LogP contribution in [0.1, 0.15) is 106 Å². The maximum atomic E-state index is 13.4. The number of halogens is 2. The van der Waals surface area contributed by atoms with Crippen molar-refractivity contribution >= 4 is 23.8 Å². The number of para-hydroxylation sites is 1. The number of aliphatic imine (C=N–C) groups is 1. The third-order valence-electron chi connectivity index (χ3n) is 7.21. The van der Waals surface area contributed by atoms with Crippen LogP contribution in [0.4, 0.5) is 14.5 Å². The maximum Gasteiger partial charge on any atom is 0.306 e. The van der Waals surface area contributed by atoms with Crippen LogP contribution >= 0.6 is 0 Å². The lowest BCUT2D eigenvalue weighted by Crippen LogP contribution is -2.23. The number of carbonyl (C=O) groups excluding carboxylic acids is 2. The molecule has 0 saturated carbocycles. The Hall–Kier alpha value is -3.53. The summed E-state index contributed by atoms with van der Waals surface area (Å²) in [6.45, 7) is 21.1. The second-order valence-electron chi connectivity index (χ2n) is 14.2. The highest BCUT2D eigenvalue weighted by atomic mass is 19.1. The molecule has 8 nitrogen and oxygen atoms in total. The second kappa shape index (κ2) is 22.2. The van der Waals surface area contributed by atoms with Crippen LogP contribution in [-0.2, 0) is 25.5 Å². The predicted octanol–water partition coefficient (Wildman–Crippen LogP) is 9.29. The van der Waals surface area contributed by atoms with Gasteiger partial charge >= 0.3 is 5.97 Å². The standard InChI is InChI=1S/C20H21F2NO2.C7H15N.C7H14O2.C5H10O2/c1-14-12-15-13-16(8-9-19(15)23-14)24-10-3-2-4-11-25-20-17(21)6-5-7-18(20)22;1-3-7-4-5-8(2)6-7;1-5-6(8)9-7(2,3)4;1-5(2,3)7-4-6/h5-9,13H,2-4,10-12H2,1H3;7H,3-6H2,1-2H3;5H2,1-4H3;4H,1-3H3. The van der Waals surface area contributed by atoms with Gasteiger partial charge in [0.25, 0.3) is 6.47 Å². The van der Waals surface area contributed by atoms with Crippen LogP contribution in [0.25, 0.3) is 0 Å². The van der Waals surface area contributed by atoms with Crippen molar-refractivity contribution in [1.29, 1.82) is 0 Å². The fraction of sp³-hybridized carbons (Fsp3) is 0.615. The highest BCUT2D eigenvalue weighted by Crippen LogP contribution is 2.30. The van der Waals surface area contributed by atoms with Gasteiger partial charge in [-0.05, 0) is 130 Å². The molecule has 2 aliphatic rings. The molecule has 0 spiro atoms. The average Bonchev–Trinajstić information content (AvgIpc) is 3.61. The molecule has 2 aromatic rings. The van der Waals surface area contributed by atoms with Crippen molar-refractivity contribution < 1.29 is 37.3 Å². The fourth-order valence-electron chi connectivity index (χ4n) is 4.71. The molecule has 2 heterocycles. The van der Waals surface area contributed by atoms with E-state index in [1.165, 1.54) is 49.7 Å². The first-order valence-corrected chi connectivity index (χ1v) is 17.4. The van der Waals surface area contributed by atoms with Crippen LogP contribution in [0, 0.1) is 17.6 Å². The molecule has 1 fully saturated rings. The molecule has 2 aliphatic heterocycles. The van der Waals surface area contributed by atoms with Crippen LogP contribution in [0.5, 0.6) is 11.5 Å². The molecule has 0 aromatic heterocycles. The first kappa shape index (κ1) is 43.5. The van der Waals surface area contributed by atoms with E-state index in [-0.39, 0.29) is 29.5 Å². The predicted molar refractivity (Wildman–Crippen MR) is 193 cm³/mol. The molecule has 0 amide bonds. The summed E-state index contributed by atoms with van der Waals surface area (Å²) in [4.78, 5) is 27.1. The molecular formula is C39H60F2N2O6. The summed E-state index contributed by atoms with van der Waals surface area (Å²) < 4.78 is 47.2. The Balaban J connectivity index is 0.000000407. The Morgan fingerprint density at radius 3 is 2.04 bits per heavy atom. The van der Waals surface area contributed by atoms with Gasteiger partial charge in [0.15, 0.2) is 17.4 Å². The van der Waals surface area contributed by atoms with E-state index < -0.39 is 11.6 Å². The summed E-state index contributed by atoms with van der Waals surface area (Å²) in [5.74, 6) is 0.0866. The summed E-state index contributed by atoms with van der Waals surface area (Å²) in [5.41, 5.74) is 2.71. The first-order valence-electron chi connectivity index (χ1n) is 17.4. The number of fused-ring (bicyclic) bond motifs is 1. The Labute approximate surface area is 293 Å². The molecule has 4 rings (SSSR count). The quantitative estimate of drug-likeness (QED) is 0.132. The number of rotatable bonds is 11. The summed E-state index contributed by atoms with van der Waals surface area (Å²) in [6.07, 6.45) is 6.57. The molecule has 0 radical (unpaired) electrons. The van der Waals surface area contributed by atoms with Crippen LogP contribution < -0.4 is 9.47 Å². The largest absolute Gasteiger partial charge is 0.494 e. The average molecular weight is 691 g/mol. The van der Waals surface area contributed by atoms with Crippen molar-refractivity contribution in [3.05, 3.63) is 53.6 Å². The van der Waals surface area contributed by atoms with Crippen molar-refractivity contribution in [3.63, 3.8) is 0 Å². The van der Waals surface area contributed by atoms with Crippen molar-refractivity contribution in [2.24, 2.45) is 10.9 Å². The highest BCUT2D eigenvalue weighted by molar-refractivity contribution is 5.92. The SMILES string of the molecule is CC(C)(C)OC=O.CC1=Nc2ccc(OCCCCCOc3c(F)cccc3F)cc2C1.CCC(=O)OC(C)(C)C.CCC1CCN(C)C1. The minimum absolute atomic E-state index is 0.137. The van der Waals surface area contributed by atoms with Gasteiger partial charge in [-0.25, -0.2) is 8.78 Å². The van der Waals surface area contributed by atoms with Crippen molar-refractivity contribution in [3.8, 4) is 11.5 Å². The van der Waals surface area contributed by atoms with Crippen LogP contribution in [-0.4, -0.2) is 67.6 Å². The number of benzene rings is 2.